The molecule has 0 radical (unpaired) electrons. The molecular formula is C14H16N6O. The first-order valence-electron chi connectivity index (χ1n) is 6.83. The van der Waals surface area contributed by atoms with Gasteiger partial charge >= 0.3 is 0 Å². The number of nitrogens with two attached hydrogens (primary N) is 1. The molecule has 0 aliphatic heterocycles. The van der Waals surface area contributed by atoms with Gasteiger partial charge in [0, 0.05) is 43.2 Å². The number of fused-ring (bicyclic) bond motifs is 1. The van der Waals surface area contributed by atoms with Crippen LogP contribution >= 0.6 is 0 Å². The zero-order valence-electron chi connectivity index (χ0n) is 11.7. The van der Waals surface area contributed by atoms with E-state index in [1.807, 2.05) is 17.6 Å². The minimum absolute atomic E-state index is 0.159. The number of aromatic nitrogens is 5. The molecule has 0 aliphatic rings. The number of hydrogen-bond acceptors (Lipinski definition) is 5. The molecule has 0 aliphatic carbocycles. The van der Waals surface area contributed by atoms with Gasteiger partial charge in [-0.1, -0.05) is 0 Å². The highest BCUT2D eigenvalue weighted by molar-refractivity contribution is 5.60. The Labute approximate surface area is 121 Å². The average molecular weight is 284 g/mol. The Morgan fingerprint density at radius 3 is 2.76 bits per heavy atom. The van der Waals surface area contributed by atoms with Crippen LogP contribution in [0.25, 0.3) is 17.0 Å². The third kappa shape index (κ3) is 2.31. The predicted octanol–water partition coefficient (Wildman–Crippen LogP) is 0.474. The predicted molar refractivity (Wildman–Crippen MR) is 78.9 cm³/mol. The number of hydrogen-bond donors (Lipinski definition) is 1. The molecule has 0 saturated heterocycles. The van der Waals surface area contributed by atoms with Crippen molar-refractivity contribution >= 4 is 5.65 Å². The molecule has 0 atom stereocenters. The highest BCUT2D eigenvalue weighted by atomic mass is 16.1. The summed E-state index contributed by atoms with van der Waals surface area (Å²) in [5, 5.41) is 4.34. The molecule has 3 aromatic heterocycles. The summed E-state index contributed by atoms with van der Waals surface area (Å²) in [5.74, 6) is 0. The second-order valence-corrected chi connectivity index (χ2v) is 4.65. The van der Waals surface area contributed by atoms with Crippen LogP contribution in [0.3, 0.4) is 0 Å². The molecule has 0 spiro atoms. The highest BCUT2D eigenvalue weighted by Gasteiger charge is 2.12. The molecule has 7 heteroatoms. The minimum Gasteiger partial charge on any atom is -0.330 e. The van der Waals surface area contributed by atoms with Gasteiger partial charge in [0.05, 0.1) is 6.20 Å². The zero-order chi connectivity index (χ0) is 14.8. The van der Waals surface area contributed by atoms with E-state index in [2.05, 4.69) is 15.1 Å². The van der Waals surface area contributed by atoms with Crippen LogP contribution in [0.4, 0.5) is 0 Å². The lowest BCUT2D eigenvalue weighted by molar-refractivity contribution is 0.685. The van der Waals surface area contributed by atoms with Crippen molar-refractivity contribution in [3.05, 3.63) is 46.8 Å². The van der Waals surface area contributed by atoms with Gasteiger partial charge in [-0.05, 0) is 13.5 Å². The molecule has 0 aromatic carbocycles. The van der Waals surface area contributed by atoms with Crippen molar-refractivity contribution in [1.82, 2.24) is 24.1 Å². The van der Waals surface area contributed by atoms with Crippen molar-refractivity contribution in [2.75, 3.05) is 6.54 Å². The summed E-state index contributed by atoms with van der Waals surface area (Å²) in [5.41, 5.74) is 8.40. The Morgan fingerprint density at radius 1 is 1.24 bits per heavy atom. The summed E-state index contributed by atoms with van der Waals surface area (Å²) >= 11 is 0. The van der Waals surface area contributed by atoms with Gasteiger partial charge in [-0.15, -0.1) is 0 Å². The summed E-state index contributed by atoms with van der Waals surface area (Å²) in [6.07, 6.45) is 5.49. The summed E-state index contributed by atoms with van der Waals surface area (Å²) in [6, 6.07) is 3.45. The van der Waals surface area contributed by atoms with E-state index in [9.17, 15) is 4.79 Å². The first kappa shape index (κ1) is 13.4. The molecule has 0 amide bonds. The van der Waals surface area contributed by atoms with E-state index in [1.165, 1.54) is 4.52 Å². The van der Waals surface area contributed by atoms with Crippen LogP contribution in [0.15, 0.2) is 35.5 Å². The quantitative estimate of drug-likeness (QED) is 0.752. The molecule has 3 rings (SSSR count). The molecule has 108 valence electrons. The van der Waals surface area contributed by atoms with Crippen LogP contribution in [0.5, 0.6) is 0 Å². The fourth-order valence-electron chi connectivity index (χ4n) is 2.43. The van der Waals surface area contributed by atoms with Crippen molar-refractivity contribution in [3.8, 4) is 11.4 Å². The second kappa shape index (κ2) is 5.45. The summed E-state index contributed by atoms with van der Waals surface area (Å²) in [6.45, 7) is 3.27. The second-order valence-electron chi connectivity index (χ2n) is 4.65. The van der Waals surface area contributed by atoms with E-state index in [0.29, 0.717) is 24.4 Å². The van der Waals surface area contributed by atoms with E-state index < -0.39 is 0 Å². The van der Waals surface area contributed by atoms with Crippen LogP contribution in [-0.4, -0.2) is 30.7 Å². The van der Waals surface area contributed by atoms with E-state index in [0.717, 1.165) is 17.9 Å². The lowest BCUT2D eigenvalue weighted by Crippen LogP contribution is -2.22. The Bertz CT molecular complexity index is 821. The normalized spacial score (nSPS) is 11.1. The molecule has 0 fully saturated rings. The first-order valence-corrected chi connectivity index (χ1v) is 6.83. The van der Waals surface area contributed by atoms with Crippen molar-refractivity contribution in [2.24, 2.45) is 5.73 Å². The van der Waals surface area contributed by atoms with E-state index in [4.69, 9.17) is 5.73 Å². The van der Waals surface area contributed by atoms with Gasteiger partial charge in [0.25, 0.3) is 5.56 Å². The van der Waals surface area contributed by atoms with Gasteiger partial charge < -0.3 is 10.3 Å². The fourth-order valence-corrected chi connectivity index (χ4v) is 2.43. The maximum absolute atomic E-state index is 12.2. The maximum atomic E-state index is 12.2. The van der Waals surface area contributed by atoms with Crippen LogP contribution in [0.1, 0.15) is 12.6 Å². The van der Waals surface area contributed by atoms with E-state index in [1.54, 1.807) is 24.7 Å². The topological polar surface area (TPSA) is 91.1 Å². The van der Waals surface area contributed by atoms with E-state index >= 15 is 0 Å². The van der Waals surface area contributed by atoms with Gasteiger partial charge in [-0.2, -0.15) is 9.61 Å². The van der Waals surface area contributed by atoms with Crippen molar-refractivity contribution in [1.29, 1.82) is 0 Å². The van der Waals surface area contributed by atoms with Crippen molar-refractivity contribution in [3.63, 3.8) is 0 Å². The lowest BCUT2D eigenvalue weighted by Gasteiger charge is -2.11. The summed E-state index contributed by atoms with van der Waals surface area (Å²) < 4.78 is 3.44. The molecule has 0 bridgehead atoms. The van der Waals surface area contributed by atoms with Crippen LogP contribution in [0.2, 0.25) is 0 Å². The Hall–Kier alpha value is -2.54. The lowest BCUT2D eigenvalue weighted by atomic mass is 10.2. The summed E-state index contributed by atoms with van der Waals surface area (Å²) in [7, 11) is 0. The molecule has 0 saturated carbocycles. The van der Waals surface area contributed by atoms with Gasteiger partial charge in [-0.3, -0.25) is 14.8 Å². The molecule has 21 heavy (non-hydrogen) atoms. The Kier molecular flexibility index (Phi) is 3.49. The van der Waals surface area contributed by atoms with Crippen LogP contribution in [-0.2, 0) is 13.0 Å². The standard InChI is InChI=1S/C14H16N6O/c1-2-19-10(3-4-15)7-14(21)20-13(19)8-11(18-20)12-9-16-5-6-17-12/h5-9H,2-4,15H2,1H3. The molecule has 0 unspecified atom stereocenters. The SMILES string of the molecule is CCn1c(CCN)cc(=O)n2nc(-c3cnccn3)cc12. The molecular weight excluding hydrogens is 268 g/mol. The number of rotatable bonds is 4. The number of nitrogens with zero attached hydrogens (tertiary/aromatic N) is 5. The molecule has 2 N–H and O–H groups in total. The fraction of sp³-hybridized carbons (Fsp3) is 0.286. The Morgan fingerprint density at radius 2 is 2.10 bits per heavy atom. The third-order valence-electron chi connectivity index (χ3n) is 3.35. The maximum Gasteiger partial charge on any atom is 0.274 e. The average Bonchev–Trinajstić information content (AvgIpc) is 2.94. The molecule has 7 nitrogen and oxygen atoms in total. The smallest absolute Gasteiger partial charge is 0.274 e. The van der Waals surface area contributed by atoms with Gasteiger partial charge in [0.1, 0.15) is 17.0 Å². The van der Waals surface area contributed by atoms with Gasteiger partial charge in [0.15, 0.2) is 0 Å². The van der Waals surface area contributed by atoms with Gasteiger partial charge in [0.2, 0.25) is 0 Å². The monoisotopic (exact) mass is 284 g/mol. The van der Waals surface area contributed by atoms with E-state index in [-0.39, 0.29) is 5.56 Å². The van der Waals surface area contributed by atoms with Crippen LogP contribution < -0.4 is 11.3 Å². The number of aryl methyl sites for hydroxylation is 1. The Balaban J connectivity index is 2.25. The summed E-state index contributed by atoms with van der Waals surface area (Å²) in [4.78, 5) is 20.4. The third-order valence-corrected chi connectivity index (χ3v) is 3.35. The van der Waals surface area contributed by atoms with Crippen molar-refractivity contribution < 1.29 is 0 Å². The van der Waals surface area contributed by atoms with Crippen LogP contribution in [0, 0.1) is 0 Å². The largest absolute Gasteiger partial charge is 0.330 e. The van der Waals surface area contributed by atoms with Crippen molar-refractivity contribution in [2.45, 2.75) is 19.9 Å². The zero-order valence-corrected chi connectivity index (χ0v) is 11.7. The minimum atomic E-state index is -0.159. The highest BCUT2D eigenvalue weighted by Crippen LogP contribution is 2.16. The van der Waals surface area contributed by atoms with Gasteiger partial charge in [-0.25, -0.2) is 0 Å². The molecule has 3 aromatic rings. The molecule has 3 heterocycles. The first-order chi connectivity index (χ1) is 10.2.